The van der Waals surface area contributed by atoms with Crippen LogP contribution in [-0.2, 0) is 0 Å². The minimum Gasteiger partial charge on any atom is -0.383 e. The molecule has 0 radical (unpaired) electrons. The molecule has 0 saturated heterocycles. The minimum atomic E-state index is 0.175. The number of aryl methyl sites for hydroxylation is 1. The summed E-state index contributed by atoms with van der Waals surface area (Å²) in [7, 11) is 0. The fourth-order valence-electron chi connectivity index (χ4n) is 2.00. The van der Waals surface area contributed by atoms with Gasteiger partial charge in [0.25, 0.3) is 0 Å². The van der Waals surface area contributed by atoms with Crippen molar-refractivity contribution < 1.29 is 0 Å². The molecular formula is C16H18N4S. The minimum absolute atomic E-state index is 0.175. The highest BCUT2D eigenvalue weighted by molar-refractivity contribution is 7.99. The van der Waals surface area contributed by atoms with Gasteiger partial charge in [-0.25, -0.2) is 4.98 Å². The summed E-state index contributed by atoms with van der Waals surface area (Å²) in [5.41, 5.74) is 14.6. The van der Waals surface area contributed by atoms with Crippen LogP contribution in [0.2, 0.25) is 0 Å². The largest absolute Gasteiger partial charge is 0.383 e. The summed E-state index contributed by atoms with van der Waals surface area (Å²) >= 11 is 1.51. The molecule has 108 valence electrons. The van der Waals surface area contributed by atoms with E-state index in [-0.39, 0.29) is 5.95 Å². The molecule has 4 N–H and O–H groups in total. The lowest BCUT2D eigenvalue weighted by Crippen LogP contribution is -2.01. The maximum atomic E-state index is 5.90. The molecule has 0 aliphatic carbocycles. The molecule has 1 aromatic carbocycles. The lowest BCUT2D eigenvalue weighted by molar-refractivity contribution is 0.839. The zero-order valence-corrected chi connectivity index (χ0v) is 13.2. The van der Waals surface area contributed by atoms with Gasteiger partial charge >= 0.3 is 0 Å². The predicted octanol–water partition coefficient (Wildman–Crippen LogP) is 3.21. The molecule has 0 bridgehead atoms. The molecule has 0 unspecified atom stereocenters. The van der Waals surface area contributed by atoms with Gasteiger partial charge in [0.2, 0.25) is 5.95 Å². The predicted molar refractivity (Wildman–Crippen MR) is 88.2 cm³/mol. The summed E-state index contributed by atoms with van der Waals surface area (Å²) in [6, 6.07) is 4.15. The van der Waals surface area contributed by atoms with E-state index in [4.69, 9.17) is 17.9 Å². The van der Waals surface area contributed by atoms with Crippen LogP contribution in [-0.4, -0.2) is 9.97 Å². The number of rotatable bonds is 3. The first-order valence-electron chi connectivity index (χ1n) is 6.59. The smallest absolute Gasteiger partial charge is 0.221 e. The molecule has 0 spiro atoms. The number of nitrogens with two attached hydrogens (primary N) is 2. The Balaban J connectivity index is 2.49. The Morgan fingerprint density at radius 2 is 1.95 bits per heavy atom. The SMILES string of the molecule is C#Cc1cc(Sc2cnc(N)nc2N)c(C(C)C)cc1C. The van der Waals surface area contributed by atoms with Crippen LogP contribution >= 0.6 is 11.8 Å². The van der Waals surface area contributed by atoms with Crippen molar-refractivity contribution in [2.24, 2.45) is 0 Å². The van der Waals surface area contributed by atoms with E-state index in [1.54, 1.807) is 6.20 Å². The van der Waals surface area contributed by atoms with Crippen molar-refractivity contribution in [2.75, 3.05) is 11.5 Å². The van der Waals surface area contributed by atoms with E-state index in [0.717, 1.165) is 20.9 Å². The molecule has 5 heteroatoms. The standard InChI is InChI=1S/C16H18N4S/c1-5-11-7-13(12(9(2)3)6-10(11)4)21-14-8-19-16(18)20-15(14)17/h1,6-9H,2-4H3,(H4,17,18,19,20). The summed E-state index contributed by atoms with van der Waals surface area (Å²) in [6.45, 7) is 6.32. The number of nitrogen functional groups attached to an aromatic ring is 2. The fraction of sp³-hybridized carbons (Fsp3) is 0.250. The third-order valence-electron chi connectivity index (χ3n) is 3.16. The van der Waals surface area contributed by atoms with E-state index >= 15 is 0 Å². The van der Waals surface area contributed by atoms with Crippen LogP contribution in [0, 0.1) is 19.3 Å². The van der Waals surface area contributed by atoms with Crippen molar-refractivity contribution in [1.82, 2.24) is 9.97 Å². The van der Waals surface area contributed by atoms with Crippen molar-refractivity contribution >= 4 is 23.5 Å². The average Bonchev–Trinajstić information content (AvgIpc) is 2.42. The molecule has 2 rings (SSSR count). The van der Waals surface area contributed by atoms with Crippen LogP contribution < -0.4 is 11.5 Å². The van der Waals surface area contributed by atoms with E-state index < -0.39 is 0 Å². The van der Waals surface area contributed by atoms with E-state index in [9.17, 15) is 0 Å². The number of anilines is 2. The lowest BCUT2D eigenvalue weighted by atomic mass is 9.98. The van der Waals surface area contributed by atoms with Gasteiger partial charge in [-0.2, -0.15) is 4.98 Å². The van der Waals surface area contributed by atoms with E-state index in [1.807, 2.05) is 13.0 Å². The van der Waals surface area contributed by atoms with Crippen LogP contribution in [0.4, 0.5) is 11.8 Å². The Morgan fingerprint density at radius 1 is 1.24 bits per heavy atom. The van der Waals surface area contributed by atoms with Crippen molar-refractivity contribution in [2.45, 2.75) is 36.5 Å². The van der Waals surface area contributed by atoms with Crippen molar-refractivity contribution in [1.29, 1.82) is 0 Å². The van der Waals surface area contributed by atoms with E-state index in [0.29, 0.717) is 11.7 Å². The topological polar surface area (TPSA) is 77.8 Å². The Labute approximate surface area is 129 Å². The van der Waals surface area contributed by atoms with Gasteiger partial charge < -0.3 is 11.5 Å². The van der Waals surface area contributed by atoms with Gasteiger partial charge in [-0.1, -0.05) is 37.6 Å². The van der Waals surface area contributed by atoms with Gasteiger partial charge in [-0.05, 0) is 30.0 Å². The normalized spacial score (nSPS) is 10.6. The molecule has 0 fully saturated rings. The number of hydrogen-bond acceptors (Lipinski definition) is 5. The highest BCUT2D eigenvalue weighted by atomic mass is 32.2. The number of nitrogens with zero attached hydrogens (tertiary/aromatic N) is 2. The number of terminal acetylenes is 1. The Morgan fingerprint density at radius 3 is 2.52 bits per heavy atom. The zero-order chi connectivity index (χ0) is 15.6. The highest BCUT2D eigenvalue weighted by Crippen LogP contribution is 2.37. The number of hydrogen-bond donors (Lipinski definition) is 2. The molecule has 0 aliphatic rings. The molecule has 1 heterocycles. The Hall–Kier alpha value is -2.19. The van der Waals surface area contributed by atoms with Gasteiger partial charge in [0, 0.05) is 16.7 Å². The van der Waals surface area contributed by atoms with Crippen LogP contribution in [0.1, 0.15) is 36.5 Å². The first-order chi connectivity index (χ1) is 9.92. The van der Waals surface area contributed by atoms with Gasteiger partial charge in [-0.15, -0.1) is 6.42 Å². The monoisotopic (exact) mass is 298 g/mol. The maximum absolute atomic E-state index is 5.90. The van der Waals surface area contributed by atoms with Crippen molar-refractivity contribution in [3.05, 3.63) is 35.0 Å². The molecular weight excluding hydrogens is 280 g/mol. The maximum Gasteiger partial charge on any atom is 0.221 e. The van der Waals surface area contributed by atoms with E-state index in [1.165, 1.54) is 17.3 Å². The zero-order valence-electron chi connectivity index (χ0n) is 12.3. The first-order valence-corrected chi connectivity index (χ1v) is 7.41. The summed E-state index contributed by atoms with van der Waals surface area (Å²) in [6.07, 6.45) is 7.20. The molecule has 0 atom stereocenters. The summed E-state index contributed by atoms with van der Waals surface area (Å²) < 4.78 is 0. The summed E-state index contributed by atoms with van der Waals surface area (Å²) in [5, 5.41) is 0. The molecule has 0 amide bonds. The third-order valence-corrected chi connectivity index (χ3v) is 4.26. The Kier molecular flexibility index (Phi) is 4.39. The van der Waals surface area contributed by atoms with Gasteiger partial charge in [0.1, 0.15) is 5.82 Å². The quantitative estimate of drug-likeness (QED) is 0.851. The molecule has 1 aromatic heterocycles. The van der Waals surface area contributed by atoms with Crippen LogP contribution in [0.3, 0.4) is 0 Å². The van der Waals surface area contributed by atoms with Gasteiger partial charge in [0.05, 0.1) is 4.90 Å². The van der Waals surface area contributed by atoms with E-state index in [2.05, 4.69) is 35.8 Å². The average molecular weight is 298 g/mol. The lowest BCUT2D eigenvalue weighted by Gasteiger charge is -2.15. The first kappa shape index (κ1) is 15.2. The number of aromatic nitrogens is 2. The van der Waals surface area contributed by atoms with Gasteiger partial charge in [0.15, 0.2) is 0 Å². The van der Waals surface area contributed by atoms with Crippen molar-refractivity contribution in [3.8, 4) is 12.3 Å². The third kappa shape index (κ3) is 3.29. The van der Waals surface area contributed by atoms with Gasteiger partial charge in [-0.3, -0.25) is 0 Å². The molecule has 0 aliphatic heterocycles. The molecule has 4 nitrogen and oxygen atoms in total. The summed E-state index contributed by atoms with van der Waals surface area (Å²) in [5.74, 6) is 3.65. The second-order valence-corrected chi connectivity index (χ2v) is 6.17. The summed E-state index contributed by atoms with van der Waals surface area (Å²) in [4.78, 5) is 9.83. The second kappa shape index (κ2) is 6.06. The van der Waals surface area contributed by atoms with Crippen molar-refractivity contribution in [3.63, 3.8) is 0 Å². The number of benzene rings is 1. The molecule has 2 aromatic rings. The highest BCUT2D eigenvalue weighted by Gasteiger charge is 2.13. The van der Waals surface area contributed by atoms with Crippen LogP contribution in [0.25, 0.3) is 0 Å². The Bertz CT molecular complexity index is 717. The van der Waals surface area contributed by atoms with Crippen LogP contribution in [0.15, 0.2) is 28.1 Å². The molecule has 21 heavy (non-hydrogen) atoms. The second-order valence-electron chi connectivity index (χ2n) is 5.08. The molecule has 0 saturated carbocycles. The van der Waals surface area contributed by atoms with Crippen LogP contribution in [0.5, 0.6) is 0 Å². The fourth-order valence-corrected chi connectivity index (χ4v) is 3.08.